The van der Waals surface area contributed by atoms with Crippen molar-refractivity contribution in [2.24, 2.45) is 0 Å². The monoisotopic (exact) mass is 407 g/mol. The molecule has 7 heteroatoms. The molecule has 0 unspecified atom stereocenters. The Hall–Kier alpha value is -3.19. The van der Waals surface area contributed by atoms with Gasteiger partial charge < -0.3 is 14.4 Å². The molecule has 154 valence electrons. The Morgan fingerprint density at radius 3 is 2.70 bits per heavy atom. The highest BCUT2D eigenvalue weighted by atomic mass is 19.1. The largest absolute Gasteiger partial charge is 0.485 e. The van der Waals surface area contributed by atoms with E-state index in [0.717, 1.165) is 16.5 Å². The van der Waals surface area contributed by atoms with Crippen molar-refractivity contribution in [3.8, 4) is 11.5 Å². The van der Waals surface area contributed by atoms with Gasteiger partial charge in [-0.05, 0) is 35.9 Å². The minimum Gasteiger partial charge on any atom is -0.485 e. The van der Waals surface area contributed by atoms with Crippen LogP contribution in [-0.2, 0) is 11.3 Å². The van der Waals surface area contributed by atoms with Gasteiger partial charge in [0.2, 0.25) is 6.10 Å². The lowest BCUT2D eigenvalue weighted by Gasteiger charge is -2.37. The Balaban J connectivity index is 1.22. The molecule has 5 rings (SSSR count). The third-order valence-corrected chi connectivity index (χ3v) is 5.61. The highest BCUT2D eigenvalue weighted by molar-refractivity contribution is 5.82. The molecule has 0 aliphatic carbocycles. The molecule has 3 heterocycles. The number of ether oxygens (including phenoxy) is 2. The van der Waals surface area contributed by atoms with Crippen LogP contribution in [0.1, 0.15) is 5.56 Å². The van der Waals surface area contributed by atoms with Gasteiger partial charge in [-0.3, -0.25) is 14.7 Å². The number of hydrogen-bond donors (Lipinski definition) is 0. The number of nitrogens with zero attached hydrogens (tertiary/aromatic N) is 3. The molecular weight excluding hydrogens is 385 g/mol. The maximum Gasteiger partial charge on any atom is 0.267 e. The number of hydrogen-bond acceptors (Lipinski definition) is 5. The Bertz CT molecular complexity index is 1080. The summed E-state index contributed by atoms with van der Waals surface area (Å²) in [4.78, 5) is 21.4. The molecule has 2 aliphatic rings. The van der Waals surface area contributed by atoms with Crippen molar-refractivity contribution in [1.82, 2.24) is 14.8 Å². The molecule has 2 aromatic carbocycles. The van der Waals surface area contributed by atoms with Gasteiger partial charge in [0.05, 0.1) is 5.52 Å². The number of piperazine rings is 1. The van der Waals surface area contributed by atoms with Gasteiger partial charge in [-0.25, -0.2) is 4.39 Å². The van der Waals surface area contributed by atoms with Crippen LogP contribution in [0.5, 0.6) is 11.5 Å². The number of para-hydroxylation sites is 2. The summed E-state index contributed by atoms with van der Waals surface area (Å²) in [7, 11) is 0. The summed E-state index contributed by atoms with van der Waals surface area (Å²) in [5.74, 6) is 0.963. The van der Waals surface area contributed by atoms with Crippen molar-refractivity contribution in [2.75, 3.05) is 32.8 Å². The van der Waals surface area contributed by atoms with Crippen LogP contribution in [0, 0.1) is 5.82 Å². The molecular formula is C23H22FN3O3. The van der Waals surface area contributed by atoms with Crippen molar-refractivity contribution >= 4 is 16.8 Å². The lowest BCUT2D eigenvalue weighted by Crippen LogP contribution is -2.53. The average molecular weight is 407 g/mol. The number of amides is 1. The number of rotatable bonds is 3. The van der Waals surface area contributed by atoms with Crippen molar-refractivity contribution in [2.45, 2.75) is 12.6 Å². The van der Waals surface area contributed by atoms with Gasteiger partial charge in [-0.15, -0.1) is 0 Å². The Morgan fingerprint density at radius 1 is 1.07 bits per heavy atom. The van der Waals surface area contributed by atoms with E-state index in [-0.39, 0.29) is 18.3 Å². The lowest BCUT2D eigenvalue weighted by atomic mass is 10.1. The molecule has 1 aromatic heterocycles. The third-order valence-electron chi connectivity index (χ3n) is 5.61. The molecule has 0 spiro atoms. The molecule has 6 nitrogen and oxygen atoms in total. The second-order valence-corrected chi connectivity index (χ2v) is 7.61. The molecule has 0 bridgehead atoms. The second kappa shape index (κ2) is 7.91. The van der Waals surface area contributed by atoms with Crippen LogP contribution in [0.15, 0.2) is 54.7 Å². The Morgan fingerprint density at radius 2 is 1.87 bits per heavy atom. The number of aromatic nitrogens is 1. The minimum absolute atomic E-state index is 0.0537. The summed E-state index contributed by atoms with van der Waals surface area (Å²) < 4.78 is 25.5. The zero-order valence-corrected chi connectivity index (χ0v) is 16.5. The van der Waals surface area contributed by atoms with Crippen LogP contribution in [0.25, 0.3) is 10.9 Å². The summed E-state index contributed by atoms with van der Waals surface area (Å²) >= 11 is 0. The van der Waals surface area contributed by atoms with Crippen LogP contribution in [0.4, 0.5) is 4.39 Å². The molecule has 0 saturated carbocycles. The van der Waals surface area contributed by atoms with E-state index in [2.05, 4.69) is 9.88 Å². The number of halogens is 1. The van der Waals surface area contributed by atoms with Crippen LogP contribution >= 0.6 is 0 Å². The SMILES string of the molecule is O=C([C@@H]1COc2ccccc2O1)N1CCN(Cc2cc(F)cc3cccnc23)CC1. The summed E-state index contributed by atoms with van der Waals surface area (Å²) in [6.07, 6.45) is 1.10. The predicted octanol–water partition coefficient (Wildman–Crippen LogP) is 2.86. The van der Waals surface area contributed by atoms with Crippen molar-refractivity contribution in [3.63, 3.8) is 0 Å². The van der Waals surface area contributed by atoms with E-state index < -0.39 is 6.10 Å². The van der Waals surface area contributed by atoms with Crippen molar-refractivity contribution in [3.05, 3.63) is 66.1 Å². The second-order valence-electron chi connectivity index (χ2n) is 7.61. The van der Waals surface area contributed by atoms with Crippen LogP contribution in [-0.4, -0.2) is 59.6 Å². The maximum absolute atomic E-state index is 14.0. The maximum atomic E-state index is 14.0. The van der Waals surface area contributed by atoms with Gasteiger partial charge in [-0.1, -0.05) is 18.2 Å². The first-order chi connectivity index (χ1) is 14.7. The van der Waals surface area contributed by atoms with Crippen LogP contribution in [0.2, 0.25) is 0 Å². The summed E-state index contributed by atoms with van der Waals surface area (Å²) in [6, 6.07) is 14.1. The van der Waals surface area contributed by atoms with Crippen molar-refractivity contribution in [1.29, 1.82) is 0 Å². The first-order valence-corrected chi connectivity index (χ1v) is 10.1. The van der Waals surface area contributed by atoms with Gasteiger partial charge in [0.15, 0.2) is 11.5 Å². The zero-order chi connectivity index (χ0) is 20.5. The fourth-order valence-corrected chi connectivity index (χ4v) is 4.06. The molecule has 1 fully saturated rings. The number of carbonyl (C=O) groups is 1. The normalized spacial score (nSPS) is 19.1. The van der Waals surface area contributed by atoms with E-state index in [1.165, 1.54) is 6.07 Å². The van der Waals surface area contributed by atoms with E-state index in [9.17, 15) is 9.18 Å². The molecule has 1 atom stereocenters. The summed E-state index contributed by atoms with van der Waals surface area (Å²) in [5, 5.41) is 0.802. The van der Waals surface area contributed by atoms with Crippen molar-refractivity contribution < 1.29 is 18.7 Å². The highest BCUT2D eigenvalue weighted by Gasteiger charge is 2.32. The molecule has 0 radical (unpaired) electrons. The quantitative estimate of drug-likeness (QED) is 0.668. The fraction of sp³-hybridized carbons (Fsp3) is 0.304. The van der Waals surface area contributed by atoms with Crippen LogP contribution in [0.3, 0.4) is 0 Å². The minimum atomic E-state index is -0.622. The summed E-state index contributed by atoms with van der Waals surface area (Å²) in [5.41, 5.74) is 1.69. The molecule has 2 aliphatic heterocycles. The zero-order valence-electron chi connectivity index (χ0n) is 16.5. The molecule has 0 N–H and O–H groups in total. The third kappa shape index (κ3) is 3.68. The van der Waals surface area contributed by atoms with E-state index in [4.69, 9.17) is 9.47 Å². The number of fused-ring (bicyclic) bond motifs is 2. The van der Waals surface area contributed by atoms with E-state index >= 15 is 0 Å². The Kier molecular flexibility index (Phi) is 4.96. The molecule has 3 aromatic rings. The van der Waals surface area contributed by atoms with Crippen LogP contribution < -0.4 is 9.47 Å². The lowest BCUT2D eigenvalue weighted by molar-refractivity contribution is -0.143. The van der Waals surface area contributed by atoms with Gasteiger partial charge in [-0.2, -0.15) is 0 Å². The van der Waals surface area contributed by atoms with E-state index in [1.54, 1.807) is 12.3 Å². The number of benzene rings is 2. The Labute approximate surface area is 173 Å². The average Bonchev–Trinajstić information content (AvgIpc) is 2.78. The van der Waals surface area contributed by atoms with Gasteiger partial charge >= 0.3 is 0 Å². The molecule has 30 heavy (non-hydrogen) atoms. The van der Waals surface area contributed by atoms with Gasteiger partial charge in [0.25, 0.3) is 5.91 Å². The fourth-order valence-electron chi connectivity index (χ4n) is 4.06. The standard InChI is InChI=1S/C23H22FN3O3/c24-18-12-16-4-3-7-25-22(16)17(13-18)14-26-8-10-27(11-9-26)23(28)21-15-29-19-5-1-2-6-20(19)30-21/h1-7,12-13,21H,8-11,14-15H2/t21-/m0/s1. The van der Waals surface area contributed by atoms with Gasteiger partial charge in [0.1, 0.15) is 12.4 Å². The topological polar surface area (TPSA) is 54.9 Å². The smallest absolute Gasteiger partial charge is 0.267 e. The number of pyridine rings is 1. The van der Waals surface area contributed by atoms with E-state index in [1.807, 2.05) is 41.3 Å². The highest BCUT2D eigenvalue weighted by Crippen LogP contribution is 2.31. The first kappa shape index (κ1) is 18.8. The van der Waals surface area contributed by atoms with E-state index in [0.29, 0.717) is 44.2 Å². The van der Waals surface area contributed by atoms with Gasteiger partial charge in [0, 0.05) is 44.3 Å². The molecule has 1 amide bonds. The summed E-state index contributed by atoms with van der Waals surface area (Å²) in [6.45, 7) is 3.43. The first-order valence-electron chi connectivity index (χ1n) is 10.1. The predicted molar refractivity (Wildman–Crippen MR) is 110 cm³/mol. The number of carbonyl (C=O) groups excluding carboxylic acids is 1. The molecule has 1 saturated heterocycles.